The van der Waals surface area contributed by atoms with E-state index < -0.39 is 0 Å². The van der Waals surface area contributed by atoms with Crippen molar-refractivity contribution in [2.45, 2.75) is 19.4 Å². The Morgan fingerprint density at radius 3 is 2.92 bits per heavy atom. The molecule has 128 valence electrons. The smallest absolute Gasteiger partial charge is 0.270 e. The van der Waals surface area contributed by atoms with Crippen molar-refractivity contribution >= 4 is 23.6 Å². The maximum absolute atomic E-state index is 12.7. The standard InChI is InChI=1S/C19H20N4O2/c24-19(22-5-1-2-6-22)16-10-17-18(21-16)23(7-8-25-17)15-4-3-13-11-20-12-14(13)9-15/h3-4,9-11,21H,1-2,5-8,12H2. The number of anilines is 2. The quantitative estimate of drug-likeness (QED) is 0.917. The second-order valence-corrected chi connectivity index (χ2v) is 6.75. The highest BCUT2D eigenvalue weighted by Gasteiger charge is 2.27. The van der Waals surface area contributed by atoms with Crippen LogP contribution in [0.3, 0.4) is 0 Å². The van der Waals surface area contributed by atoms with Gasteiger partial charge in [0.15, 0.2) is 11.6 Å². The van der Waals surface area contributed by atoms with Gasteiger partial charge < -0.3 is 19.5 Å². The number of carbonyl (C=O) groups is 1. The summed E-state index contributed by atoms with van der Waals surface area (Å²) in [6.45, 7) is 3.79. The molecule has 25 heavy (non-hydrogen) atoms. The molecule has 3 aliphatic heterocycles. The highest BCUT2D eigenvalue weighted by molar-refractivity contribution is 5.95. The Labute approximate surface area is 146 Å². The highest BCUT2D eigenvalue weighted by atomic mass is 16.5. The minimum absolute atomic E-state index is 0.0674. The van der Waals surface area contributed by atoms with Crippen LogP contribution in [-0.4, -0.2) is 48.2 Å². The maximum atomic E-state index is 12.7. The number of aromatic amines is 1. The monoisotopic (exact) mass is 336 g/mol. The number of carbonyl (C=O) groups excluding carboxylic acids is 1. The molecule has 4 heterocycles. The number of H-pyrrole nitrogens is 1. The van der Waals surface area contributed by atoms with E-state index in [9.17, 15) is 4.79 Å². The maximum Gasteiger partial charge on any atom is 0.270 e. The molecule has 6 heteroatoms. The Bertz CT molecular complexity index is 864. The lowest BCUT2D eigenvalue weighted by Crippen LogP contribution is -2.29. The first-order valence-electron chi connectivity index (χ1n) is 8.85. The van der Waals surface area contributed by atoms with Crippen LogP contribution in [0.15, 0.2) is 29.3 Å². The minimum Gasteiger partial charge on any atom is -0.488 e. The Kier molecular flexibility index (Phi) is 3.29. The number of ether oxygens (including phenoxy) is 1. The van der Waals surface area contributed by atoms with E-state index in [0.717, 1.165) is 56.3 Å². The molecule has 1 aromatic heterocycles. The van der Waals surface area contributed by atoms with E-state index in [1.165, 1.54) is 11.1 Å². The predicted molar refractivity (Wildman–Crippen MR) is 96.2 cm³/mol. The molecule has 0 bridgehead atoms. The van der Waals surface area contributed by atoms with Crippen LogP contribution in [-0.2, 0) is 6.54 Å². The number of fused-ring (bicyclic) bond motifs is 2. The van der Waals surface area contributed by atoms with E-state index in [0.29, 0.717) is 12.3 Å². The van der Waals surface area contributed by atoms with E-state index >= 15 is 0 Å². The predicted octanol–water partition coefficient (Wildman–Crippen LogP) is 2.71. The number of likely N-dealkylation sites (tertiary alicyclic amines) is 1. The SMILES string of the molecule is O=C(c1cc2c([nH]1)N(c1ccc3c(c1)CN=C3)CCO2)N1CCCC1. The summed E-state index contributed by atoms with van der Waals surface area (Å²) in [5, 5.41) is 0. The zero-order chi connectivity index (χ0) is 16.8. The molecule has 0 saturated carbocycles. The van der Waals surface area contributed by atoms with E-state index in [2.05, 4.69) is 33.1 Å². The molecular weight excluding hydrogens is 316 g/mol. The lowest BCUT2D eigenvalue weighted by Gasteiger charge is -2.29. The van der Waals surface area contributed by atoms with Crippen molar-refractivity contribution in [3.63, 3.8) is 0 Å². The molecule has 0 radical (unpaired) electrons. The van der Waals surface area contributed by atoms with Crippen molar-refractivity contribution in [2.24, 2.45) is 4.99 Å². The Balaban J connectivity index is 1.48. The highest BCUT2D eigenvalue weighted by Crippen LogP contribution is 2.38. The normalized spacial score (nSPS) is 18.2. The summed E-state index contributed by atoms with van der Waals surface area (Å²) in [4.78, 5) is 24.4. The zero-order valence-corrected chi connectivity index (χ0v) is 14.0. The number of benzene rings is 1. The fourth-order valence-electron chi connectivity index (χ4n) is 3.82. The van der Waals surface area contributed by atoms with Gasteiger partial charge in [0.1, 0.15) is 12.3 Å². The summed E-state index contributed by atoms with van der Waals surface area (Å²) in [6.07, 6.45) is 4.10. The lowest BCUT2D eigenvalue weighted by molar-refractivity contribution is 0.0787. The topological polar surface area (TPSA) is 60.9 Å². The van der Waals surface area contributed by atoms with Gasteiger partial charge >= 0.3 is 0 Å². The zero-order valence-electron chi connectivity index (χ0n) is 14.0. The van der Waals surface area contributed by atoms with Gasteiger partial charge in [-0.15, -0.1) is 0 Å². The van der Waals surface area contributed by atoms with Crippen LogP contribution in [0.1, 0.15) is 34.5 Å². The number of amides is 1. The number of nitrogens with zero attached hydrogens (tertiary/aromatic N) is 3. The number of aromatic nitrogens is 1. The van der Waals surface area contributed by atoms with Gasteiger partial charge in [-0.2, -0.15) is 0 Å². The van der Waals surface area contributed by atoms with Gasteiger partial charge in [0, 0.05) is 31.1 Å². The number of aliphatic imine (C=N–C) groups is 1. The van der Waals surface area contributed by atoms with Crippen molar-refractivity contribution in [1.82, 2.24) is 9.88 Å². The Hall–Kier alpha value is -2.76. The molecule has 6 nitrogen and oxygen atoms in total. The van der Waals surface area contributed by atoms with E-state index in [-0.39, 0.29) is 5.91 Å². The molecule has 2 aromatic rings. The molecule has 5 rings (SSSR count). The van der Waals surface area contributed by atoms with Gasteiger partial charge in [-0.25, -0.2) is 0 Å². The lowest BCUT2D eigenvalue weighted by atomic mass is 10.1. The average Bonchev–Trinajstić information content (AvgIpc) is 3.39. The molecule has 1 N–H and O–H groups in total. The molecule has 0 aliphatic carbocycles. The number of rotatable bonds is 2. The third-order valence-corrected chi connectivity index (χ3v) is 5.16. The van der Waals surface area contributed by atoms with Crippen LogP contribution in [0.5, 0.6) is 5.75 Å². The van der Waals surface area contributed by atoms with Gasteiger partial charge in [0.2, 0.25) is 0 Å². The van der Waals surface area contributed by atoms with Crippen molar-refractivity contribution in [2.75, 3.05) is 31.1 Å². The van der Waals surface area contributed by atoms with E-state index in [1.807, 2.05) is 17.2 Å². The largest absolute Gasteiger partial charge is 0.488 e. The van der Waals surface area contributed by atoms with Gasteiger partial charge in [-0.1, -0.05) is 6.07 Å². The summed E-state index contributed by atoms with van der Waals surface area (Å²) in [5.74, 6) is 1.69. The molecule has 3 aliphatic rings. The van der Waals surface area contributed by atoms with Crippen molar-refractivity contribution in [3.8, 4) is 5.75 Å². The average molecular weight is 336 g/mol. The first-order valence-corrected chi connectivity index (χ1v) is 8.85. The molecule has 0 unspecified atom stereocenters. The summed E-state index contributed by atoms with van der Waals surface area (Å²) in [6, 6.07) is 8.24. The summed E-state index contributed by atoms with van der Waals surface area (Å²) >= 11 is 0. The van der Waals surface area contributed by atoms with Crippen LogP contribution in [0.4, 0.5) is 11.5 Å². The molecule has 0 spiro atoms. The molecular formula is C19H20N4O2. The molecule has 1 saturated heterocycles. The number of nitrogens with one attached hydrogen (secondary N) is 1. The van der Waals surface area contributed by atoms with Crippen LogP contribution < -0.4 is 9.64 Å². The summed E-state index contributed by atoms with van der Waals surface area (Å²) in [5.41, 5.74) is 4.15. The van der Waals surface area contributed by atoms with Gasteiger partial charge in [0.25, 0.3) is 5.91 Å². The summed E-state index contributed by atoms with van der Waals surface area (Å²) in [7, 11) is 0. The molecule has 1 amide bonds. The minimum atomic E-state index is 0.0674. The fraction of sp³-hybridized carbons (Fsp3) is 0.368. The third-order valence-electron chi connectivity index (χ3n) is 5.16. The van der Waals surface area contributed by atoms with Gasteiger partial charge in [0.05, 0.1) is 13.1 Å². The number of hydrogen-bond acceptors (Lipinski definition) is 4. The van der Waals surface area contributed by atoms with Crippen molar-refractivity contribution in [3.05, 3.63) is 41.1 Å². The van der Waals surface area contributed by atoms with Crippen molar-refractivity contribution in [1.29, 1.82) is 0 Å². The number of hydrogen-bond donors (Lipinski definition) is 1. The van der Waals surface area contributed by atoms with Gasteiger partial charge in [-0.3, -0.25) is 9.79 Å². The molecule has 1 aromatic carbocycles. The first-order chi connectivity index (χ1) is 12.3. The third kappa shape index (κ3) is 2.40. The second kappa shape index (κ2) is 5.65. The molecule has 0 atom stereocenters. The van der Waals surface area contributed by atoms with Crippen LogP contribution in [0, 0.1) is 0 Å². The van der Waals surface area contributed by atoms with Gasteiger partial charge in [-0.05, 0) is 36.1 Å². The second-order valence-electron chi connectivity index (χ2n) is 6.75. The van der Waals surface area contributed by atoms with E-state index in [1.54, 1.807) is 0 Å². The van der Waals surface area contributed by atoms with Crippen molar-refractivity contribution < 1.29 is 9.53 Å². The fourth-order valence-corrected chi connectivity index (χ4v) is 3.82. The van der Waals surface area contributed by atoms with Crippen LogP contribution in [0.2, 0.25) is 0 Å². The van der Waals surface area contributed by atoms with E-state index in [4.69, 9.17) is 4.74 Å². The summed E-state index contributed by atoms with van der Waals surface area (Å²) < 4.78 is 5.79. The molecule has 1 fully saturated rings. The van der Waals surface area contributed by atoms with Crippen LogP contribution in [0.25, 0.3) is 0 Å². The Morgan fingerprint density at radius 2 is 2.04 bits per heavy atom. The first kappa shape index (κ1) is 14.6. The van der Waals surface area contributed by atoms with Crippen LogP contribution >= 0.6 is 0 Å². The Morgan fingerprint density at radius 1 is 1.16 bits per heavy atom.